The van der Waals surface area contributed by atoms with Crippen LogP contribution in [0.15, 0.2) is 0 Å². The van der Waals surface area contributed by atoms with Crippen LogP contribution in [0, 0.1) is 0 Å². The van der Waals surface area contributed by atoms with Gasteiger partial charge in [0.25, 0.3) is 57.1 Å². The lowest BCUT2D eigenvalue weighted by molar-refractivity contribution is -0.587. The van der Waals surface area contributed by atoms with E-state index in [1.54, 1.807) is 0 Å². The van der Waals surface area contributed by atoms with Gasteiger partial charge in [0.1, 0.15) is 0 Å². The minimum absolute atomic E-state index is 0.743. The molecule has 94 heavy (non-hydrogen) atoms. The quantitative estimate of drug-likeness (QED) is 0.256. The van der Waals surface area contributed by atoms with Gasteiger partial charge in [-0.05, 0) is 0 Å². The van der Waals surface area contributed by atoms with E-state index in [4.69, 9.17) is 0 Å². The summed E-state index contributed by atoms with van der Waals surface area (Å²) in [6, 6.07) is 0. The van der Waals surface area contributed by atoms with E-state index in [9.17, 15) is 241 Å². The van der Waals surface area contributed by atoms with Crippen molar-refractivity contribution < 1.29 is 255 Å². The second-order valence-corrected chi connectivity index (χ2v) is 20.6. The van der Waals surface area contributed by atoms with Crippen LogP contribution in [0.3, 0.4) is 0 Å². The van der Waals surface area contributed by atoms with Crippen molar-refractivity contribution in [2.45, 2.75) is 213 Å². The molecule has 7 fully saturated rings. The van der Waals surface area contributed by atoms with Crippen LogP contribution < -0.4 is 0 Å². The van der Waals surface area contributed by atoms with E-state index in [-0.39, 0.29) is 0 Å². The fourth-order valence-electron chi connectivity index (χ4n) is 10.7. The number of hydrogen-bond acceptors (Lipinski definition) is 1. The molecule has 0 bridgehead atoms. The molecule has 7 rings (SSSR count). The van der Waals surface area contributed by atoms with E-state index >= 15 is 8.78 Å². The molecule has 0 N–H and O–H groups in total. The molecule has 0 amide bonds. The van der Waals surface area contributed by atoms with E-state index in [0.29, 0.717) is 0 Å². The summed E-state index contributed by atoms with van der Waals surface area (Å²) in [4.78, 5) is 0. The number of halogens is 57. The molecule has 1 saturated heterocycles. The second kappa shape index (κ2) is 17.7. The van der Waals surface area contributed by atoms with E-state index in [0.717, 1.165) is 6.92 Å². The minimum atomic E-state index is -9.77. The molecular formula is C36H7F57O. The van der Waals surface area contributed by atoms with Crippen molar-refractivity contribution in [1.82, 2.24) is 0 Å². The van der Waals surface area contributed by atoms with Gasteiger partial charge in [0.05, 0.1) is 6.42 Å². The first-order chi connectivity index (χ1) is 39.7. The highest BCUT2D eigenvalue weighted by atomic mass is 19.4. The van der Waals surface area contributed by atoms with Crippen molar-refractivity contribution in [3.8, 4) is 0 Å². The van der Waals surface area contributed by atoms with Gasteiger partial charge in [-0.15, -0.1) is 0 Å². The fourth-order valence-corrected chi connectivity index (χ4v) is 10.7. The van der Waals surface area contributed by atoms with Gasteiger partial charge in [0, 0.05) is 6.42 Å². The minimum Gasteiger partial charge on any atom is -0.271 e. The Morgan fingerprint density at radius 3 is 0.457 bits per heavy atom. The van der Waals surface area contributed by atoms with E-state index < -0.39 is 206 Å². The summed E-state index contributed by atoms with van der Waals surface area (Å²) in [5.41, 5.74) is -76.6. The van der Waals surface area contributed by atoms with Crippen LogP contribution in [0.2, 0.25) is 0 Å². The normalized spacial score (nSPS) is 44.7. The number of ether oxygens (including phenoxy) is 1. The van der Waals surface area contributed by atoms with E-state index in [2.05, 4.69) is 4.74 Å². The predicted molar refractivity (Wildman–Crippen MR) is 169 cm³/mol. The first-order valence-corrected chi connectivity index (χ1v) is 21.7. The average molecular weight is 1540 g/mol. The number of hydrogen-bond donors (Lipinski definition) is 0. The molecule has 7 aliphatic rings. The SMILES string of the molecule is CCC(F)(F)CC1(F)OC(F)(F)C(F)(F)C1(F)F.FC1(F)C(F)(F)C(F)(F)C2(F)C(F)(C1(F)F)C(F)(F)C(F)(F)C1(F)C(F)(F)C(F)(F)C(F)(F)C(F)(F)C12F.FC1(F)C(F)(F)C(F)(F)C2(F)C(F)(F)C3(F)C(F)(F)C(F)(F)C(F)(F)C(F)(F)C3(F)C(F)(F)C2(F)C1(F)F. The Balaban J connectivity index is 0.000000272. The third-order valence-corrected chi connectivity index (χ3v) is 16.1. The molecule has 0 spiro atoms. The van der Waals surface area contributed by atoms with Gasteiger partial charge in [0.15, 0.2) is 0 Å². The molecule has 0 radical (unpaired) electrons. The summed E-state index contributed by atoms with van der Waals surface area (Å²) in [5, 5.41) is 0. The Morgan fingerprint density at radius 2 is 0.319 bits per heavy atom. The first kappa shape index (κ1) is 80.7. The maximum atomic E-state index is 15.3. The predicted octanol–water partition coefficient (Wildman–Crippen LogP) is 18.4. The van der Waals surface area contributed by atoms with Crippen molar-refractivity contribution in [2.75, 3.05) is 0 Å². The molecule has 6 saturated carbocycles. The van der Waals surface area contributed by atoms with Gasteiger partial charge in [-0.2, -0.15) is 202 Å². The third kappa shape index (κ3) is 6.26. The number of alkyl halides is 57. The van der Waals surface area contributed by atoms with Gasteiger partial charge in [-0.25, -0.2) is 48.3 Å². The zero-order valence-electron chi connectivity index (χ0n) is 40.9. The fraction of sp³-hybridized carbons (Fsp3) is 1.00. The summed E-state index contributed by atoms with van der Waals surface area (Å²) in [5.74, 6) is -204. The van der Waals surface area contributed by atoms with Gasteiger partial charge >= 0.3 is 136 Å². The van der Waals surface area contributed by atoms with Crippen molar-refractivity contribution in [3.05, 3.63) is 0 Å². The molecule has 1 nitrogen and oxygen atoms in total. The lowest BCUT2D eigenvalue weighted by atomic mass is 9.43. The lowest BCUT2D eigenvalue weighted by Gasteiger charge is -2.70. The van der Waals surface area contributed by atoms with E-state index in [1.807, 2.05) is 0 Å². The van der Waals surface area contributed by atoms with Gasteiger partial charge in [-0.1, -0.05) is 6.92 Å². The first-order valence-electron chi connectivity index (χ1n) is 21.7. The van der Waals surface area contributed by atoms with Gasteiger partial charge < -0.3 is 0 Å². The van der Waals surface area contributed by atoms with Crippen molar-refractivity contribution >= 4 is 0 Å². The molecule has 0 aromatic heterocycles. The van der Waals surface area contributed by atoms with Crippen molar-refractivity contribution in [1.29, 1.82) is 0 Å². The summed E-state index contributed by atoms with van der Waals surface area (Å²) in [6.07, 6.45) is -9.65. The van der Waals surface area contributed by atoms with Crippen molar-refractivity contribution in [3.63, 3.8) is 0 Å². The second-order valence-electron chi connectivity index (χ2n) is 20.6. The van der Waals surface area contributed by atoms with Crippen LogP contribution in [0.4, 0.5) is 250 Å². The lowest BCUT2D eigenvalue weighted by Crippen LogP contribution is -3.06. The summed E-state index contributed by atoms with van der Waals surface area (Å²) in [7, 11) is 0. The standard InChI is InChI=1S/2C14F24.C8H7F9O/c15-1-2(16,8(25,26)12(33,34)11(31,32)7(1,23)24)6(21,22)4(18)3(17,5(1,19)20)9(27,28)13(35,36)14(37,38)10(4,29)30;15-1-2(16)4(18,10(29,30)14(37,38)12(33,34)6(2,21)22)8(25,26)7(23,24)3(1,17)9(27,28)13(35,36)11(31,32)5(1,19)20;1-2-4(9,10)3-5(11)6(12,13)7(14,15)8(16,17)18-5/h;;2-3H2,1H3. The van der Waals surface area contributed by atoms with E-state index in [1.165, 1.54) is 0 Å². The van der Waals surface area contributed by atoms with Crippen molar-refractivity contribution in [2.24, 2.45) is 0 Å². The molecule has 6 aliphatic carbocycles. The Kier molecular flexibility index (Phi) is 15.2. The molecule has 0 aromatic rings. The van der Waals surface area contributed by atoms with Crippen LogP contribution in [0.25, 0.3) is 0 Å². The van der Waals surface area contributed by atoms with Crippen LogP contribution in [-0.2, 0) is 4.74 Å². The maximum Gasteiger partial charge on any atom is 0.428 e. The van der Waals surface area contributed by atoms with Gasteiger partial charge in [0.2, 0.25) is 0 Å². The molecule has 58 heteroatoms. The molecular weight excluding hydrogens is 1530 g/mol. The molecule has 9 atom stereocenters. The highest BCUT2D eigenvalue weighted by Gasteiger charge is 3.24. The zero-order chi connectivity index (χ0) is 76.6. The monoisotopic (exact) mass is 1540 g/mol. The maximum absolute atomic E-state index is 15.3. The Hall–Kier alpha value is -4.03. The zero-order valence-corrected chi connectivity index (χ0v) is 40.9. The molecule has 0 aromatic carbocycles. The topological polar surface area (TPSA) is 9.23 Å². The summed E-state index contributed by atoms with van der Waals surface area (Å²) in [6.45, 7) is 0.743. The largest absolute Gasteiger partial charge is 0.428 e. The Morgan fingerprint density at radius 1 is 0.181 bits per heavy atom. The third-order valence-electron chi connectivity index (χ3n) is 16.1. The van der Waals surface area contributed by atoms with Gasteiger partial charge in [-0.3, -0.25) is 4.74 Å². The van der Waals surface area contributed by atoms with Crippen LogP contribution in [-0.4, -0.2) is 194 Å². The molecule has 556 valence electrons. The molecule has 1 aliphatic heterocycles. The van der Waals surface area contributed by atoms with Crippen LogP contribution in [0.1, 0.15) is 19.8 Å². The summed E-state index contributed by atoms with van der Waals surface area (Å²) >= 11 is 0. The molecule has 1 heterocycles. The van der Waals surface area contributed by atoms with Crippen LogP contribution in [0.5, 0.6) is 0 Å². The number of rotatable bonds is 3. The Labute approximate surface area is 469 Å². The average Bonchev–Trinajstić information content (AvgIpc) is 0.672. The summed E-state index contributed by atoms with van der Waals surface area (Å²) < 4.78 is 795. The Bertz CT molecular complexity index is 2770. The van der Waals surface area contributed by atoms with Crippen LogP contribution >= 0.6 is 0 Å². The smallest absolute Gasteiger partial charge is 0.271 e. The number of fused-ring (bicyclic) bond motifs is 5. The highest BCUT2D eigenvalue weighted by Crippen LogP contribution is 2.90. The molecule has 9 unspecified atom stereocenters. The highest BCUT2D eigenvalue weighted by molar-refractivity contribution is 5.53.